The number of amides is 1. The van der Waals surface area contributed by atoms with Crippen molar-refractivity contribution in [2.75, 3.05) is 27.1 Å². The van der Waals surface area contributed by atoms with Crippen molar-refractivity contribution in [3.63, 3.8) is 0 Å². The number of aromatic nitrogens is 2. The van der Waals surface area contributed by atoms with Crippen molar-refractivity contribution in [2.24, 2.45) is 0 Å². The van der Waals surface area contributed by atoms with Gasteiger partial charge in [-0.05, 0) is 48.5 Å². The Morgan fingerprint density at radius 1 is 1.00 bits per heavy atom. The average Bonchev–Trinajstić information content (AvgIpc) is 2.72. The van der Waals surface area contributed by atoms with Gasteiger partial charge in [-0.25, -0.2) is 35.9 Å². The molecule has 2 N–H and O–H groups in total. The second-order valence-electron chi connectivity index (χ2n) is 6.50. The molecular formula is C19H18FN5O5S2. The van der Waals surface area contributed by atoms with Crippen LogP contribution in [0.4, 0.5) is 21.7 Å². The van der Waals surface area contributed by atoms with Crippen molar-refractivity contribution >= 4 is 43.3 Å². The van der Waals surface area contributed by atoms with Crippen LogP contribution in [0.15, 0.2) is 71.9 Å². The Morgan fingerprint density at radius 2 is 1.66 bits per heavy atom. The monoisotopic (exact) mass is 479 g/mol. The lowest BCUT2D eigenvalue weighted by molar-refractivity contribution is -0.114. The maximum Gasteiger partial charge on any atom is 0.264 e. The van der Waals surface area contributed by atoms with Gasteiger partial charge in [0.1, 0.15) is 12.4 Å². The summed E-state index contributed by atoms with van der Waals surface area (Å²) in [6.45, 7) is -0.602. The Hall–Kier alpha value is -3.58. The summed E-state index contributed by atoms with van der Waals surface area (Å²) in [4.78, 5) is 19.9. The van der Waals surface area contributed by atoms with Crippen LogP contribution in [0.3, 0.4) is 0 Å². The molecule has 0 aliphatic heterocycles. The van der Waals surface area contributed by atoms with Crippen LogP contribution in [0.2, 0.25) is 0 Å². The van der Waals surface area contributed by atoms with Gasteiger partial charge in [0.2, 0.25) is 21.9 Å². The zero-order valence-corrected chi connectivity index (χ0v) is 18.3. The lowest BCUT2D eigenvalue weighted by Gasteiger charge is -2.22. The third-order valence-electron chi connectivity index (χ3n) is 4.02. The van der Waals surface area contributed by atoms with Gasteiger partial charge >= 0.3 is 0 Å². The van der Waals surface area contributed by atoms with Crippen LogP contribution < -0.4 is 14.3 Å². The zero-order valence-electron chi connectivity index (χ0n) is 16.6. The first-order valence-corrected chi connectivity index (χ1v) is 12.3. The van der Waals surface area contributed by atoms with Gasteiger partial charge in [-0.3, -0.25) is 9.10 Å². The summed E-state index contributed by atoms with van der Waals surface area (Å²) in [6, 6.07) is 11.6. The van der Waals surface area contributed by atoms with Crippen LogP contribution in [0, 0.1) is 5.82 Å². The van der Waals surface area contributed by atoms with Gasteiger partial charge in [0.25, 0.3) is 10.0 Å². The first-order chi connectivity index (χ1) is 15.0. The van der Waals surface area contributed by atoms with Crippen molar-refractivity contribution < 1.29 is 26.0 Å². The third kappa shape index (κ3) is 5.98. The normalized spacial score (nSPS) is 11.6. The van der Waals surface area contributed by atoms with Crippen molar-refractivity contribution in [1.82, 2.24) is 9.97 Å². The number of rotatable bonds is 8. The Bertz CT molecular complexity index is 1320. The molecule has 0 bridgehead atoms. The molecule has 0 saturated heterocycles. The number of hydrogen-bond acceptors (Lipinski definition) is 7. The van der Waals surface area contributed by atoms with Crippen LogP contribution in [0.1, 0.15) is 0 Å². The summed E-state index contributed by atoms with van der Waals surface area (Å²) in [6.07, 6.45) is 3.66. The molecule has 0 saturated carbocycles. The van der Waals surface area contributed by atoms with Gasteiger partial charge in [-0.1, -0.05) is 6.07 Å². The summed E-state index contributed by atoms with van der Waals surface area (Å²) >= 11 is 0. The van der Waals surface area contributed by atoms with E-state index in [2.05, 4.69) is 20.0 Å². The topological polar surface area (TPSA) is 138 Å². The van der Waals surface area contributed by atoms with E-state index in [1.807, 2.05) is 0 Å². The summed E-state index contributed by atoms with van der Waals surface area (Å²) in [5.41, 5.74) is 0.232. The molecule has 0 unspecified atom stereocenters. The highest BCUT2D eigenvalue weighted by molar-refractivity contribution is 7.92. The lowest BCUT2D eigenvalue weighted by atomic mass is 10.3. The fourth-order valence-electron chi connectivity index (χ4n) is 2.61. The SMILES string of the molecule is CS(=O)(=O)N(CC(=O)Nc1ccc(S(=O)(=O)Nc2ncccn2)cc1)c1cccc(F)c1. The van der Waals surface area contributed by atoms with Crippen molar-refractivity contribution in [3.8, 4) is 0 Å². The molecule has 168 valence electrons. The van der Waals surface area contributed by atoms with Gasteiger partial charge in [-0.15, -0.1) is 0 Å². The number of anilines is 3. The first kappa shape index (κ1) is 23.1. The van der Waals surface area contributed by atoms with Crippen LogP contribution in [-0.4, -0.2) is 45.5 Å². The second kappa shape index (κ2) is 9.28. The highest BCUT2D eigenvalue weighted by Crippen LogP contribution is 2.20. The number of nitrogens with zero attached hydrogens (tertiary/aromatic N) is 3. The molecule has 32 heavy (non-hydrogen) atoms. The first-order valence-electron chi connectivity index (χ1n) is 8.98. The minimum atomic E-state index is -3.95. The number of carbonyl (C=O) groups is 1. The molecule has 10 nitrogen and oxygen atoms in total. The molecule has 3 aromatic rings. The average molecular weight is 480 g/mol. The van der Waals surface area contributed by atoms with Crippen molar-refractivity contribution in [2.45, 2.75) is 4.90 Å². The Labute approximate surface area is 184 Å². The molecule has 0 atom stereocenters. The highest BCUT2D eigenvalue weighted by atomic mass is 32.2. The van der Waals surface area contributed by atoms with E-state index in [1.54, 1.807) is 0 Å². The number of sulfonamides is 2. The second-order valence-corrected chi connectivity index (χ2v) is 10.1. The van der Waals surface area contributed by atoms with Gasteiger partial charge in [0, 0.05) is 18.1 Å². The fraction of sp³-hybridized carbons (Fsp3) is 0.105. The molecule has 13 heteroatoms. The van der Waals surface area contributed by atoms with Gasteiger partial charge < -0.3 is 5.32 Å². The molecule has 1 aromatic heterocycles. The number of halogens is 1. The van der Waals surface area contributed by atoms with Crippen molar-refractivity contribution in [3.05, 3.63) is 72.8 Å². The van der Waals surface area contributed by atoms with Crippen LogP contribution in [0.5, 0.6) is 0 Å². The predicted octanol–water partition coefficient (Wildman–Crippen LogP) is 1.82. The van der Waals surface area contributed by atoms with Crippen LogP contribution in [-0.2, 0) is 24.8 Å². The summed E-state index contributed by atoms with van der Waals surface area (Å²) in [7, 11) is -7.82. The zero-order chi connectivity index (χ0) is 23.4. The molecule has 0 fully saturated rings. The largest absolute Gasteiger partial charge is 0.325 e. The molecule has 3 rings (SSSR count). The van der Waals surface area contributed by atoms with E-state index < -0.39 is 38.3 Å². The molecule has 1 heterocycles. The number of hydrogen-bond donors (Lipinski definition) is 2. The van der Waals surface area contributed by atoms with Gasteiger partial charge in [0.15, 0.2) is 0 Å². The molecule has 1 amide bonds. The Balaban J connectivity index is 1.71. The number of carbonyl (C=O) groups excluding carboxylic acids is 1. The molecule has 0 aliphatic rings. The number of nitrogens with one attached hydrogen (secondary N) is 2. The van der Waals surface area contributed by atoms with Crippen LogP contribution in [0.25, 0.3) is 0 Å². The minimum Gasteiger partial charge on any atom is -0.325 e. The summed E-state index contributed by atoms with van der Waals surface area (Å²) in [5, 5.41) is 2.48. The van der Waals surface area contributed by atoms with E-state index >= 15 is 0 Å². The molecule has 0 radical (unpaired) electrons. The van der Waals surface area contributed by atoms with E-state index in [9.17, 15) is 26.0 Å². The summed E-state index contributed by atoms with van der Waals surface area (Å²) in [5.74, 6) is -1.45. The van der Waals surface area contributed by atoms with E-state index in [1.165, 1.54) is 54.9 Å². The van der Waals surface area contributed by atoms with E-state index in [-0.39, 0.29) is 22.2 Å². The molecule has 0 spiro atoms. The van der Waals surface area contributed by atoms with Crippen molar-refractivity contribution in [1.29, 1.82) is 0 Å². The van der Waals surface area contributed by atoms with Crippen LogP contribution >= 0.6 is 0 Å². The fourth-order valence-corrected chi connectivity index (χ4v) is 4.42. The van der Waals surface area contributed by atoms with Gasteiger partial charge in [-0.2, -0.15) is 0 Å². The predicted molar refractivity (Wildman–Crippen MR) is 117 cm³/mol. The van der Waals surface area contributed by atoms with Gasteiger partial charge in [0.05, 0.1) is 16.8 Å². The quantitative estimate of drug-likeness (QED) is 0.502. The Kier molecular flexibility index (Phi) is 6.69. The molecule has 0 aliphatic carbocycles. The maximum atomic E-state index is 13.5. The van der Waals surface area contributed by atoms with E-state index in [0.29, 0.717) is 0 Å². The maximum absolute atomic E-state index is 13.5. The standard InChI is InChI=1S/C19H18FN5O5S2/c1-31(27,28)25(16-5-2-4-14(20)12-16)13-18(26)23-15-6-8-17(9-7-15)32(29,30)24-19-21-10-3-11-22-19/h2-12H,13H2,1H3,(H,23,26)(H,21,22,24). The minimum absolute atomic E-state index is 0.00158. The van der Waals surface area contributed by atoms with E-state index in [4.69, 9.17) is 0 Å². The smallest absolute Gasteiger partial charge is 0.264 e. The summed E-state index contributed by atoms with van der Waals surface area (Å²) < 4.78 is 65.4. The van der Waals surface area contributed by atoms with E-state index in [0.717, 1.165) is 22.7 Å². The lowest BCUT2D eigenvalue weighted by Crippen LogP contribution is -2.37. The third-order valence-corrected chi connectivity index (χ3v) is 6.51. The number of benzene rings is 2. The Morgan fingerprint density at radius 3 is 2.25 bits per heavy atom. The molecule has 2 aromatic carbocycles. The highest BCUT2D eigenvalue weighted by Gasteiger charge is 2.22. The molecular weight excluding hydrogens is 461 g/mol.